The maximum Gasteiger partial charge on any atom is 0.0483 e. The van der Waals surface area contributed by atoms with E-state index in [9.17, 15) is 0 Å². The van der Waals surface area contributed by atoms with E-state index in [1.165, 1.54) is 0 Å². The second-order valence-corrected chi connectivity index (χ2v) is 4.44. The molecule has 0 atom stereocenters. The van der Waals surface area contributed by atoms with E-state index in [1.807, 2.05) is 36.4 Å². The molecule has 1 aromatic rings. The SMILES string of the molecule is CC(C)O.CC(C)O.CC(C)O.[Ti].c1ccccc1. The molecule has 112 valence electrons. The molecule has 0 unspecified atom stereocenters. The molecule has 1 aromatic carbocycles. The van der Waals surface area contributed by atoms with Gasteiger partial charge in [-0.05, 0) is 41.5 Å². The van der Waals surface area contributed by atoms with Crippen LogP contribution in [0.5, 0.6) is 0 Å². The van der Waals surface area contributed by atoms with E-state index in [1.54, 1.807) is 41.5 Å². The van der Waals surface area contributed by atoms with Crippen molar-refractivity contribution in [1.29, 1.82) is 0 Å². The van der Waals surface area contributed by atoms with Crippen LogP contribution in [0.15, 0.2) is 36.4 Å². The molecule has 0 aliphatic carbocycles. The smallest absolute Gasteiger partial charge is 0.0483 e. The Morgan fingerprint density at radius 3 is 0.579 bits per heavy atom. The van der Waals surface area contributed by atoms with Gasteiger partial charge in [0.15, 0.2) is 0 Å². The Morgan fingerprint density at radius 1 is 0.474 bits per heavy atom. The van der Waals surface area contributed by atoms with Crippen molar-refractivity contribution in [3.05, 3.63) is 36.4 Å². The summed E-state index contributed by atoms with van der Waals surface area (Å²) in [5.41, 5.74) is 0. The normalized spacial score (nSPS) is 8.21. The van der Waals surface area contributed by atoms with Crippen LogP contribution in [-0.4, -0.2) is 33.6 Å². The van der Waals surface area contributed by atoms with Crippen molar-refractivity contribution in [1.82, 2.24) is 0 Å². The summed E-state index contributed by atoms with van der Waals surface area (Å²) in [6, 6.07) is 12.0. The van der Waals surface area contributed by atoms with Gasteiger partial charge in [0.05, 0.1) is 0 Å². The van der Waals surface area contributed by atoms with Crippen molar-refractivity contribution in [2.75, 3.05) is 0 Å². The third-order valence-electron chi connectivity index (χ3n) is 0.667. The third kappa shape index (κ3) is 132. The molecule has 0 radical (unpaired) electrons. The fraction of sp³-hybridized carbons (Fsp3) is 0.600. The van der Waals surface area contributed by atoms with E-state index in [-0.39, 0.29) is 40.0 Å². The fourth-order valence-corrected chi connectivity index (χ4v) is 0.385. The summed E-state index contributed by atoms with van der Waals surface area (Å²) >= 11 is 0. The van der Waals surface area contributed by atoms with Gasteiger partial charge in [0.1, 0.15) is 0 Å². The molecular weight excluding hydrogens is 276 g/mol. The first-order valence-corrected chi connectivity index (χ1v) is 6.24. The zero-order chi connectivity index (χ0) is 15.0. The molecule has 0 saturated carbocycles. The van der Waals surface area contributed by atoms with E-state index in [0.717, 1.165) is 0 Å². The van der Waals surface area contributed by atoms with Crippen LogP contribution in [0.1, 0.15) is 41.5 Å². The number of hydrogen-bond acceptors (Lipinski definition) is 3. The van der Waals surface area contributed by atoms with Crippen molar-refractivity contribution in [2.24, 2.45) is 0 Å². The van der Waals surface area contributed by atoms with Gasteiger partial charge in [-0.2, -0.15) is 0 Å². The largest absolute Gasteiger partial charge is 0.394 e. The summed E-state index contributed by atoms with van der Waals surface area (Å²) in [5, 5.41) is 24.2. The van der Waals surface area contributed by atoms with Crippen molar-refractivity contribution in [2.45, 2.75) is 59.9 Å². The number of benzene rings is 1. The van der Waals surface area contributed by atoms with Crippen LogP contribution in [0.2, 0.25) is 0 Å². The molecule has 19 heavy (non-hydrogen) atoms. The summed E-state index contributed by atoms with van der Waals surface area (Å²) in [5.74, 6) is 0. The molecule has 0 aliphatic rings. The Bertz CT molecular complexity index is 165. The van der Waals surface area contributed by atoms with E-state index < -0.39 is 0 Å². The van der Waals surface area contributed by atoms with Gasteiger partial charge in [-0.1, -0.05) is 36.4 Å². The predicted molar refractivity (Wildman–Crippen MR) is 78.5 cm³/mol. The molecule has 0 heterocycles. The molecule has 0 aromatic heterocycles. The molecule has 0 amide bonds. The van der Waals surface area contributed by atoms with Crippen LogP contribution in [-0.2, 0) is 21.7 Å². The molecule has 3 nitrogen and oxygen atoms in total. The first-order chi connectivity index (χ1) is 8.20. The summed E-state index contributed by atoms with van der Waals surface area (Å²) in [7, 11) is 0. The van der Waals surface area contributed by atoms with Gasteiger partial charge in [-0.3, -0.25) is 0 Å². The first kappa shape index (κ1) is 27.2. The standard InChI is InChI=1S/C6H6.3C3H8O.Ti/c1-2-4-6-5-3-1;3*1-3(2)4;/h1-6H;3*3-4H,1-2H3;. The first-order valence-electron chi connectivity index (χ1n) is 6.24. The van der Waals surface area contributed by atoms with Crippen LogP contribution in [0, 0.1) is 0 Å². The number of rotatable bonds is 0. The monoisotopic (exact) mass is 306 g/mol. The maximum absolute atomic E-state index is 8.06. The molecule has 4 heteroatoms. The van der Waals surface area contributed by atoms with Crippen LogP contribution in [0.3, 0.4) is 0 Å². The Kier molecular flexibility index (Phi) is 32.9. The number of aliphatic hydroxyl groups is 3. The average molecular weight is 306 g/mol. The minimum Gasteiger partial charge on any atom is -0.394 e. The Hall–Kier alpha value is -0.186. The van der Waals surface area contributed by atoms with Gasteiger partial charge in [0, 0.05) is 40.0 Å². The summed E-state index contributed by atoms with van der Waals surface area (Å²) < 4.78 is 0. The van der Waals surface area contributed by atoms with Crippen molar-refractivity contribution < 1.29 is 37.0 Å². The molecule has 0 spiro atoms. The minimum atomic E-state index is -0.167. The molecular formula is C15H30O3Ti. The van der Waals surface area contributed by atoms with Gasteiger partial charge in [0.2, 0.25) is 0 Å². The topological polar surface area (TPSA) is 60.7 Å². The van der Waals surface area contributed by atoms with Crippen molar-refractivity contribution >= 4 is 0 Å². The summed E-state index contributed by atoms with van der Waals surface area (Å²) in [6.45, 7) is 10.3. The molecule has 0 bridgehead atoms. The molecule has 0 fully saturated rings. The van der Waals surface area contributed by atoms with Gasteiger partial charge in [0.25, 0.3) is 0 Å². The van der Waals surface area contributed by atoms with E-state index in [2.05, 4.69) is 0 Å². The number of hydrogen-bond donors (Lipinski definition) is 3. The van der Waals surface area contributed by atoms with Gasteiger partial charge >= 0.3 is 0 Å². The van der Waals surface area contributed by atoms with E-state index in [0.29, 0.717) is 0 Å². The van der Waals surface area contributed by atoms with Gasteiger partial charge in [-0.25, -0.2) is 0 Å². The zero-order valence-electron chi connectivity index (χ0n) is 13.0. The summed E-state index contributed by atoms with van der Waals surface area (Å²) in [4.78, 5) is 0. The van der Waals surface area contributed by atoms with E-state index >= 15 is 0 Å². The molecule has 0 aliphatic heterocycles. The Balaban J connectivity index is -0.0000000796. The van der Waals surface area contributed by atoms with Crippen LogP contribution >= 0.6 is 0 Å². The van der Waals surface area contributed by atoms with E-state index in [4.69, 9.17) is 15.3 Å². The molecule has 3 N–H and O–H groups in total. The average Bonchev–Trinajstić information content (AvgIpc) is 2.17. The van der Waals surface area contributed by atoms with Crippen LogP contribution in [0.4, 0.5) is 0 Å². The quantitative estimate of drug-likeness (QED) is 0.646. The van der Waals surface area contributed by atoms with Crippen LogP contribution in [0.25, 0.3) is 0 Å². The molecule has 0 saturated heterocycles. The second-order valence-electron chi connectivity index (χ2n) is 4.44. The molecule has 1 rings (SSSR count). The summed E-state index contributed by atoms with van der Waals surface area (Å²) in [6.07, 6.45) is -0.500. The van der Waals surface area contributed by atoms with Crippen molar-refractivity contribution in [3.63, 3.8) is 0 Å². The zero-order valence-corrected chi connectivity index (χ0v) is 14.6. The third-order valence-corrected chi connectivity index (χ3v) is 0.667. The number of aliphatic hydroxyl groups excluding tert-OH is 3. The van der Waals surface area contributed by atoms with Gasteiger partial charge < -0.3 is 15.3 Å². The van der Waals surface area contributed by atoms with Crippen LogP contribution < -0.4 is 0 Å². The fourth-order valence-electron chi connectivity index (χ4n) is 0.385. The second kappa shape index (κ2) is 22.9. The minimum absolute atomic E-state index is 0. The predicted octanol–water partition coefficient (Wildman–Crippen LogP) is 2.85. The Labute approximate surface area is 133 Å². The Morgan fingerprint density at radius 2 is 0.526 bits per heavy atom. The van der Waals surface area contributed by atoms with Gasteiger partial charge in [-0.15, -0.1) is 0 Å². The maximum atomic E-state index is 8.06. The van der Waals surface area contributed by atoms with Crippen molar-refractivity contribution in [3.8, 4) is 0 Å².